The Morgan fingerprint density at radius 1 is 0.262 bits per heavy atom. The summed E-state index contributed by atoms with van der Waals surface area (Å²) in [5.41, 5.74) is 19.1. The van der Waals surface area contributed by atoms with Crippen LogP contribution in [0.5, 0.6) is 0 Å². The van der Waals surface area contributed by atoms with Crippen LogP contribution in [0.1, 0.15) is 22.3 Å². The molecule has 0 radical (unpaired) electrons. The molecule has 0 aliphatic heterocycles. The molecular formula is C59H40N2. The average Bonchev–Trinajstić information content (AvgIpc) is 3.66. The quantitative estimate of drug-likeness (QED) is 0.154. The van der Waals surface area contributed by atoms with Crippen LogP contribution in [0.15, 0.2) is 243 Å². The highest BCUT2D eigenvalue weighted by molar-refractivity contribution is 5.96. The molecule has 11 rings (SSSR count). The van der Waals surface area contributed by atoms with Gasteiger partial charge in [0.25, 0.3) is 0 Å². The van der Waals surface area contributed by atoms with Crippen molar-refractivity contribution in [2.24, 2.45) is 0 Å². The highest BCUT2D eigenvalue weighted by Crippen LogP contribution is 2.58. The smallest absolute Gasteiger partial charge is 0.160 e. The molecule has 0 unspecified atom stereocenters. The molecule has 2 nitrogen and oxygen atoms in total. The highest BCUT2D eigenvalue weighted by Gasteiger charge is 2.46. The summed E-state index contributed by atoms with van der Waals surface area (Å²) < 4.78 is 0. The van der Waals surface area contributed by atoms with Gasteiger partial charge in [0.1, 0.15) is 0 Å². The minimum absolute atomic E-state index is 0.449. The molecule has 0 fully saturated rings. The molecule has 0 amide bonds. The van der Waals surface area contributed by atoms with E-state index in [0.717, 1.165) is 39.2 Å². The van der Waals surface area contributed by atoms with Gasteiger partial charge in [-0.05, 0) is 85.0 Å². The maximum Gasteiger partial charge on any atom is 0.160 e. The SMILES string of the molecule is c1ccc(-c2ccc(-c3cc(-c4cccc(-c5cccc(-c6cccc7c6-c6ccccc6C7(c6ccccc6)c6ccccc6)c5)c4)nc(-c4ccccc4)n3)cc2)cc1. The molecule has 0 N–H and O–H groups in total. The summed E-state index contributed by atoms with van der Waals surface area (Å²) in [6.07, 6.45) is 0. The Balaban J connectivity index is 1.01. The summed E-state index contributed by atoms with van der Waals surface area (Å²) in [4.78, 5) is 10.3. The summed E-state index contributed by atoms with van der Waals surface area (Å²) in [5.74, 6) is 0.702. The van der Waals surface area contributed by atoms with Gasteiger partial charge in [0.05, 0.1) is 16.8 Å². The van der Waals surface area contributed by atoms with Gasteiger partial charge in [0, 0.05) is 16.7 Å². The van der Waals surface area contributed by atoms with Crippen LogP contribution in [0.3, 0.4) is 0 Å². The number of hydrogen-bond donors (Lipinski definition) is 0. The van der Waals surface area contributed by atoms with Gasteiger partial charge in [-0.2, -0.15) is 0 Å². The van der Waals surface area contributed by atoms with Gasteiger partial charge in [-0.15, -0.1) is 0 Å². The summed E-state index contributed by atoms with van der Waals surface area (Å²) in [6, 6.07) is 87.1. The number of rotatable bonds is 8. The first-order chi connectivity index (χ1) is 30.2. The highest BCUT2D eigenvalue weighted by atomic mass is 14.9. The van der Waals surface area contributed by atoms with E-state index in [1.54, 1.807) is 0 Å². The van der Waals surface area contributed by atoms with E-state index >= 15 is 0 Å². The van der Waals surface area contributed by atoms with E-state index < -0.39 is 5.41 Å². The molecule has 1 heterocycles. The Morgan fingerprint density at radius 2 is 0.689 bits per heavy atom. The van der Waals surface area contributed by atoms with Crippen LogP contribution in [-0.2, 0) is 5.41 Å². The lowest BCUT2D eigenvalue weighted by molar-refractivity contribution is 0.768. The minimum Gasteiger partial charge on any atom is -0.228 e. The van der Waals surface area contributed by atoms with Crippen LogP contribution < -0.4 is 0 Å². The van der Waals surface area contributed by atoms with Crippen molar-refractivity contribution in [3.63, 3.8) is 0 Å². The molecule has 0 atom stereocenters. The Hall–Kier alpha value is -7.94. The second kappa shape index (κ2) is 15.3. The Kier molecular flexibility index (Phi) is 9.09. The van der Waals surface area contributed by atoms with Crippen LogP contribution in [-0.4, -0.2) is 9.97 Å². The largest absolute Gasteiger partial charge is 0.228 e. The number of nitrogens with zero attached hydrogens (tertiary/aromatic N) is 2. The van der Waals surface area contributed by atoms with Crippen molar-refractivity contribution < 1.29 is 0 Å². The Labute approximate surface area is 357 Å². The number of aromatic nitrogens is 2. The van der Waals surface area contributed by atoms with Gasteiger partial charge in [0.15, 0.2) is 5.82 Å². The second-order valence-corrected chi connectivity index (χ2v) is 15.7. The summed E-state index contributed by atoms with van der Waals surface area (Å²) >= 11 is 0. The predicted octanol–water partition coefficient (Wildman–Crippen LogP) is 14.8. The monoisotopic (exact) mass is 776 g/mol. The van der Waals surface area contributed by atoms with Crippen LogP contribution >= 0.6 is 0 Å². The fraction of sp³-hybridized carbons (Fsp3) is 0.0169. The molecule has 1 aliphatic rings. The van der Waals surface area contributed by atoms with E-state index in [1.807, 2.05) is 24.3 Å². The first-order valence-corrected chi connectivity index (χ1v) is 20.9. The van der Waals surface area contributed by atoms with Crippen molar-refractivity contribution in [2.75, 3.05) is 0 Å². The van der Waals surface area contributed by atoms with Crippen molar-refractivity contribution in [1.29, 1.82) is 0 Å². The lowest BCUT2D eigenvalue weighted by Gasteiger charge is -2.34. The fourth-order valence-electron chi connectivity index (χ4n) is 9.38. The molecule has 0 saturated carbocycles. The third kappa shape index (κ3) is 6.37. The fourth-order valence-corrected chi connectivity index (χ4v) is 9.38. The predicted molar refractivity (Wildman–Crippen MR) is 252 cm³/mol. The Morgan fingerprint density at radius 3 is 1.34 bits per heavy atom. The van der Waals surface area contributed by atoms with Gasteiger partial charge in [-0.25, -0.2) is 9.97 Å². The summed E-state index contributed by atoms with van der Waals surface area (Å²) in [6.45, 7) is 0. The first-order valence-electron chi connectivity index (χ1n) is 20.9. The van der Waals surface area contributed by atoms with Gasteiger partial charge in [0.2, 0.25) is 0 Å². The molecule has 0 saturated heterocycles. The molecule has 286 valence electrons. The van der Waals surface area contributed by atoms with Gasteiger partial charge in [-0.3, -0.25) is 0 Å². The number of benzene rings is 9. The lowest BCUT2D eigenvalue weighted by Crippen LogP contribution is -2.28. The van der Waals surface area contributed by atoms with Crippen LogP contribution in [0.4, 0.5) is 0 Å². The maximum atomic E-state index is 5.18. The topological polar surface area (TPSA) is 25.8 Å². The van der Waals surface area contributed by atoms with E-state index in [2.05, 4.69) is 218 Å². The molecule has 61 heavy (non-hydrogen) atoms. The lowest BCUT2D eigenvalue weighted by atomic mass is 9.67. The van der Waals surface area contributed by atoms with Crippen LogP contribution in [0.2, 0.25) is 0 Å². The van der Waals surface area contributed by atoms with Crippen molar-refractivity contribution >= 4 is 0 Å². The van der Waals surface area contributed by atoms with E-state index in [-0.39, 0.29) is 0 Å². The maximum absolute atomic E-state index is 5.18. The van der Waals surface area contributed by atoms with E-state index in [9.17, 15) is 0 Å². The zero-order valence-electron chi connectivity index (χ0n) is 33.5. The molecule has 9 aromatic carbocycles. The summed E-state index contributed by atoms with van der Waals surface area (Å²) in [7, 11) is 0. The second-order valence-electron chi connectivity index (χ2n) is 15.7. The molecular weight excluding hydrogens is 737 g/mol. The third-order valence-electron chi connectivity index (χ3n) is 12.2. The van der Waals surface area contributed by atoms with Crippen LogP contribution in [0, 0.1) is 0 Å². The molecule has 0 spiro atoms. The van der Waals surface area contributed by atoms with E-state index in [1.165, 1.54) is 55.6 Å². The number of hydrogen-bond acceptors (Lipinski definition) is 2. The third-order valence-corrected chi connectivity index (χ3v) is 12.2. The van der Waals surface area contributed by atoms with E-state index in [4.69, 9.17) is 9.97 Å². The molecule has 2 heteroatoms. The normalized spacial score (nSPS) is 12.4. The standard InChI is InChI=1S/C59H40N2/c1-5-18-41(19-6-1)42-34-36-43(37-35-42)55-40-56(61-58(60-55)44-20-7-2-8-21-44)48-25-16-23-46(39-48)45-22-15-24-47(38-45)51-31-17-33-54-57(51)52-30-13-14-32-53(52)59(54,49-26-9-3-10-27-49)50-28-11-4-12-29-50/h1-40H. The van der Waals surface area contributed by atoms with Crippen molar-refractivity contribution in [2.45, 2.75) is 5.41 Å². The van der Waals surface area contributed by atoms with Gasteiger partial charge >= 0.3 is 0 Å². The van der Waals surface area contributed by atoms with Crippen molar-refractivity contribution in [3.05, 3.63) is 265 Å². The molecule has 1 aliphatic carbocycles. The first kappa shape index (κ1) is 36.2. The van der Waals surface area contributed by atoms with Crippen molar-refractivity contribution in [1.82, 2.24) is 9.97 Å². The molecule has 0 bridgehead atoms. The summed E-state index contributed by atoms with van der Waals surface area (Å²) in [5, 5.41) is 0. The van der Waals surface area contributed by atoms with E-state index in [0.29, 0.717) is 5.82 Å². The number of fused-ring (bicyclic) bond motifs is 3. The zero-order chi connectivity index (χ0) is 40.6. The zero-order valence-corrected chi connectivity index (χ0v) is 33.5. The van der Waals surface area contributed by atoms with Crippen LogP contribution in [0.25, 0.3) is 78.4 Å². The molecule has 1 aromatic heterocycles. The van der Waals surface area contributed by atoms with Gasteiger partial charge < -0.3 is 0 Å². The minimum atomic E-state index is -0.449. The molecule has 10 aromatic rings. The average molecular weight is 777 g/mol. The Bertz CT molecular complexity index is 3120. The van der Waals surface area contributed by atoms with Crippen molar-refractivity contribution in [3.8, 4) is 78.4 Å². The van der Waals surface area contributed by atoms with Gasteiger partial charge in [-0.1, -0.05) is 224 Å².